The number of aromatic nitrogens is 3. The Bertz CT molecular complexity index is 1580. The van der Waals surface area contributed by atoms with Crippen LogP contribution in [-0.2, 0) is 13.0 Å². The number of thiazole rings is 1. The van der Waals surface area contributed by atoms with Crippen LogP contribution in [0.4, 0.5) is 0 Å². The van der Waals surface area contributed by atoms with Gasteiger partial charge in [-0.1, -0.05) is 72.3 Å². The van der Waals surface area contributed by atoms with Crippen molar-refractivity contribution in [3.05, 3.63) is 101 Å². The first-order valence-corrected chi connectivity index (χ1v) is 12.0. The summed E-state index contributed by atoms with van der Waals surface area (Å²) in [7, 11) is 0. The van der Waals surface area contributed by atoms with E-state index in [1.54, 1.807) is 16.0 Å². The molecular formula is C28H22N4OS. The van der Waals surface area contributed by atoms with Crippen LogP contribution in [0.2, 0.25) is 0 Å². The monoisotopic (exact) mass is 462 g/mol. The summed E-state index contributed by atoms with van der Waals surface area (Å²) < 4.78 is 2.64. The van der Waals surface area contributed by atoms with E-state index in [0.29, 0.717) is 18.5 Å². The number of allylic oxidation sites excluding steroid dienone is 2. The molecule has 5 aromatic rings. The van der Waals surface area contributed by atoms with Crippen molar-refractivity contribution >= 4 is 33.0 Å². The SMILES string of the molecule is CC1=C(c2ccc3nc(CN)sc3c2)C(=O)n2nc(-c3ccccc3)c(-c3ccccc3)c2C1. The van der Waals surface area contributed by atoms with Gasteiger partial charge in [0.05, 0.1) is 15.9 Å². The van der Waals surface area contributed by atoms with Crippen LogP contribution in [0, 0.1) is 0 Å². The molecule has 3 heterocycles. The third kappa shape index (κ3) is 3.31. The van der Waals surface area contributed by atoms with Gasteiger partial charge in [0.25, 0.3) is 5.91 Å². The van der Waals surface area contributed by atoms with E-state index in [-0.39, 0.29) is 5.91 Å². The highest BCUT2D eigenvalue weighted by molar-refractivity contribution is 7.18. The molecule has 1 aliphatic rings. The van der Waals surface area contributed by atoms with Crippen LogP contribution >= 0.6 is 11.3 Å². The van der Waals surface area contributed by atoms with Gasteiger partial charge in [0.15, 0.2) is 0 Å². The summed E-state index contributed by atoms with van der Waals surface area (Å²) in [5, 5.41) is 5.77. The number of rotatable bonds is 4. The zero-order chi connectivity index (χ0) is 23.2. The van der Waals surface area contributed by atoms with Gasteiger partial charge in [-0.2, -0.15) is 9.78 Å². The van der Waals surface area contributed by atoms with E-state index < -0.39 is 0 Å². The lowest BCUT2D eigenvalue weighted by molar-refractivity contribution is 0.0958. The summed E-state index contributed by atoms with van der Waals surface area (Å²) >= 11 is 1.57. The average Bonchev–Trinajstić information content (AvgIpc) is 3.46. The Hall–Kier alpha value is -3.87. The molecule has 0 unspecified atom stereocenters. The molecule has 1 aliphatic heterocycles. The van der Waals surface area contributed by atoms with Crippen LogP contribution < -0.4 is 5.73 Å². The Morgan fingerprint density at radius 2 is 1.65 bits per heavy atom. The molecule has 0 aliphatic carbocycles. The Labute approximate surface area is 201 Å². The molecule has 0 saturated carbocycles. The average molecular weight is 463 g/mol. The predicted molar refractivity (Wildman–Crippen MR) is 138 cm³/mol. The highest BCUT2D eigenvalue weighted by atomic mass is 32.1. The van der Waals surface area contributed by atoms with Gasteiger partial charge in [-0.25, -0.2) is 4.98 Å². The third-order valence-corrected chi connectivity index (χ3v) is 7.29. The minimum atomic E-state index is -0.0963. The minimum Gasteiger partial charge on any atom is -0.325 e. The third-order valence-electron chi connectivity index (χ3n) is 6.25. The molecule has 0 spiro atoms. The second-order valence-electron chi connectivity index (χ2n) is 8.45. The van der Waals surface area contributed by atoms with Crippen molar-refractivity contribution in [1.82, 2.24) is 14.8 Å². The molecule has 0 amide bonds. The number of nitrogens with zero attached hydrogens (tertiary/aromatic N) is 3. The highest BCUT2D eigenvalue weighted by Crippen LogP contribution is 2.40. The molecule has 2 aromatic heterocycles. The standard InChI is InChI=1S/C28H22N4OS/c1-17-14-22-26(18-8-4-2-5-9-18)27(19-10-6-3-7-11-19)31-32(22)28(33)25(17)20-12-13-21-23(15-20)34-24(16-29)30-21/h2-13,15H,14,16,29H2,1H3. The van der Waals surface area contributed by atoms with Crippen molar-refractivity contribution < 1.29 is 4.79 Å². The van der Waals surface area contributed by atoms with E-state index in [2.05, 4.69) is 17.1 Å². The van der Waals surface area contributed by atoms with E-state index in [0.717, 1.165) is 54.4 Å². The lowest BCUT2D eigenvalue weighted by atomic mass is 9.90. The summed E-state index contributed by atoms with van der Waals surface area (Å²) in [5.41, 5.74) is 14.2. The number of hydrogen-bond acceptors (Lipinski definition) is 5. The maximum Gasteiger partial charge on any atom is 0.279 e. The predicted octanol–water partition coefficient (Wildman–Crippen LogP) is 5.96. The van der Waals surface area contributed by atoms with Gasteiger partial charge in [-0.3, -0.25) is 4.79 Å². The first-order valence-electron chi connectivity index (χ1n) is 11.2. The van der Waals surface area contributed by atoms with Gasteiger partial charge in [0.1, 0.15) is 10.7 Å². The van der Waals surface area contributed by atoms with E-state index in [1.807, 2.05) is 73.7 Å². The summed E-state index contributed by atoms with van der Waals surface area (Å²) in [6, 6.07) is 26.3. The number of nitrogens with two attached hydrogens (primary N) is 1. The fourth-order valence-electron chi connectivity index (χ4n) is 4.70. The van der Waals surface area contributed by atoms with E-state index in [4.69, 9.17) is 10.8 Å². The summed E-state index contributed by atoms with van der Waals surface area (Å²) in [6.45, 7) is 2.46. The normalized spacial score (nSPS) is 13.5. The zero-order valence-electron chi connectivity index (χ0n) is 18.7. The van der Waals surface area contributed by atoms with Gasteiger partial charge in [-0.15, -0.1) is 11.3 Å². The number of benzene rings is 3. The quantitative estimate of drug-likeness (QED) is 0.358. The summed E-state index contributed by atoms with van der Waals surface area (Å²) in [5.74, 6) is -0.0963. The number of carbonyl (C=O) groups excluding carboxylic acids is 1. The van der Waals surface area contributed by atoms with Gasteiger partial charge in [-0.05, 0) is 30.2 Å². The van der Waals surface area contributed by atoms with Crippen molar-refractivity contribution in [2.75, 3.05) is 0 Å². The van der Waals surface area contributed by atoms with Crippen molar-refractivity contribution in [2.24, 2.45) is 5.73 Å². The molecule has 0 radical (unpaired) electrons. The number of fused-ring (bicyclic) bond motifs is 2. The van der Waals surface area contributed by atoms with E-state index in [9.17, 15) is 4.79 Å². The lowest BCUT2D eigenvalue weighted by Crippen LogP contribution is -2.23. The molecule has 5 nitrogen and oxygen atoms in total. The molecule has 3 aromatic carbocycles. The maximum absolute atomic E-state index is 13.9. The van der Waals surface area contributed by atoms with Gasteiger partial charge >= 0.3 is 0 Å². The first-order chi connectivity index (χ1) is 16.6. The van der Waals surface area contributed by atoms with Crippen molar-refractivity contribution in [2.45, 2.75) is 19.9 Å². The topological polar surface area (TPSA) is 73.8 Å². The van der Waals surface area contributed by atoms with Crippen LogP contribution in [0.5, 0.6) is 0 Å². The maximum atomic E-state index is 13.9. The molecule has 0 atom stereocenters. The van der Waals surface area contributed by atoms with Crippen LogP contribution in [0.3, 0.4) is 0 Å². The molecule has 0 bridgehead atoms. The molecule has 2 N–H and O–H groups in total. The highest BCUT2D eigenvalue weighted by Gasteiger charge is 2.31. The first kappa shape index (κ1) is 20.7. The number of carbonyl (C=O) groups is 1. The van der Waals surface area contributed by atoms with Crippen molar-refractivity contribution in [3.8, 4) is 22.4 Å². The van der Waals surface area contributed by atoms with Crippen LogP contribution in [-0.4, -0.2) is 20.7 Å². The smallest absolute Gasteiger partial charge is 0.279 e. The second kappa shape index (κ2) is 8.17. The van der Waals surface area contributed by atoms with Crippen molar-refractivity contribution in [1.29, 1.82) is 0 Å². The van der Waals surface area contributed by atoms with Crippen molar-refractivity contribution in [3.63, 3.8) is 0 Å². The second-order valence-corrected chi connectivity index (χ2v) is 9.56. The molecular weight excluding hydrogens is 440 g/mol. The lowest BCUT2D eigenvalue weighted by Gasteiger charge is -2.20. The molecule has 34 heavy (non-hydrogen) atoms. The Balaban J connectivity index is 1.52. The van der Waals surface area contributed by atoms with Crippen LogP contribution in [0.25, 0.3) is 38.2 Å². The van der Waals surface area contributed by atoms with E-state index >= 15 is 0 Å². The molecule has 0 fully saturated rings. The molecule has 166 valence electrons. The van der Waals surface area contributed by atoms with E-state index in [1.165, 1.54) is 0 Å². The largest absolute Gasteiger partial charge is 0.325 e. The zero-order valence-corrected chi connectivity index (χ0v) is 19.5. The number of hydrogen-bond donors (Lipinski definition) is 1. The van der Waals surface area contributed by atoms with Gasteiger partial charge in [0.2, 0.25) is 0 Å². The Morgan fingerprint density at radius 3 is 2.35 bits per heavy atom. The molecule has 0 saturated heterocycles. The van der Waals surface area contributed by atoms with Gasteiger partial charge in [0, 0.05) is 29.7 Å². The Kier molecular flexibility index (Phi) is 4.98. The summed E-state index contributed by atoms with van der Waals surface area (Å²) in [6.07, 6.45) is 0.653. The van der Waals surface area contributed by atoms with Crippen LogP contribution in [0.1, 0.15) is 28.0 Å². The molecule has 6 heteroatoms. The molecule has 6 rings (SSSR count). The van der Waals surface area contributed by atoms with Gasteiger partial charge < -0.3 is 5.73 Å². The fraction of sp³-hybridized carbons (Fsp3) is 0.107. The van der Waals surface area contributed by atoms with Crippen LogP contribution in [0.15, 0.2) is 84.4 Å². The fourth-order valence-corrected chi connectivity index (χ4v) is 5.59. The Morgan fingerprint density at radius 1 is 0.941 bits per heavy atom. The minimum absolute atomic E-state index is 0.0963. The summed E-state index contributed by atoms with van der Waals surface area (Å²) in [4.78, 5) is 18.4.